The third-order valence-electron chi connectivity index (χ3n) is 4.23. The van der Waals surface area contributed by atoms with Gasteiger partial charge in [-0.05, 0) is 37.0 Å². The Morgan fingerprint density at radius 3 is 2.84 bits per heavy atom. The number of aliphatic hydroxyl groups excluding tert-OH is 1. The van der Waals surface area contributed by atoms with Crippen molar-refractivity contribution in [1.82, 2.24) is 0 Å². The Morgan fingerprint density at radius 2 is 2.08 bits per heavy atom. The van der Waals surface area contributed by atoms with Crippen molar-refractivity contribution in [3.05, 3.63) is 23.8 Å². The van der Waals surface area contributed by atoms with E-state index in [9.17, 15) is 19.5 Å². The van der Waals surface area contributed by atoms with E-state index in [1.807, 2.05) is 0 Å². The first-order valence-corrected chi connectivity index (χ1v) is 8.07. The number of fused-ring (bicyclic) bond motifs is 1. The summed E-state index contributed by atoms with van der Waals surface area (Å²) < 4.78 is 15.3. The van der Waals surface area contributed by atoms with Crippen molar-refractivity contribution in [1.29, 1.82) is 0 Å². The average molecular weight is 349 g/mol. The van der Waals surface area contributed by atoms with E-state index in [2.05, 4.69) is 5.32 Å². The first-order valence-electron chi connectivity index (χ1n) is 8.07. The van der Waals surface area contributed by atoms with E-state index >= 15 is 0 Å². The van der Waals surface area contributed by atoms with Crippen LogP contribution in [0.4, 0.5) is 5.69 Å². The maximum absolute atomic E-state index is 12.2. The molecule has 3 rings (SSSR count). The van der Waals surface area contributed by atoms with Crippen LogP contribution in [0.25, 0.3) is 0 Å². The number of nitrogens with one attached hydrogen (secondary N) is 1. The van der Waals surface area contributed by atoms with Gasteiger partial charge >= 0.3 is 5.97 Å². The molecule has 1 fully saturated rings. The molecule has 1 aromatic rings. The van der Waals surface area contributed by atoms with E-state index in [-0.39, 0.29) is 24.0 Å². The van der Waals surface area contributed by atoms with Gasteiger partial charge in [-0.1, -0.05) is 0 Å². The number of ketones is 1. The molecule has 1 amide bonds. The minimum absolute atomic E-state index is 0.0675. The number of benzene rings is 1. The Kier molecular flexibility index (Phi) is 5.30. The molecule has 2 aliphatic heterocycles. The fraction of sp³-hybridized carbons (Fsp3) is 0.471. The second-order valence-corrected chi connectivity index (χ2v) is 5.97. The molecule has 2 aliphatic rings. The van der Waals surface area contributed by atoms with Gasteiger partial charge in [0.25, 0.3) is 5.91 Å². The SMILES string of the molecule is O=C1COc2ccc(C(=O)COC(=O)[C@H](O)C3CCOCC3)cc2N1. The van der Waals surface area contributed by atoms with Crippen molar-refractivity contribution in [3.8, 4) is 5.75 Å². The largest absolute Gasteiger partial charge is 0.482 e. The molecule has 0 aliphatic carbocycles. The highest BCUT2D eigenvalue weighted by atomic mass is 16.5. The molecule has 0 spiro atoms. The molecule has 2 N–H and O–H groups in total. The number of aliphatic hydroxyl groups is 1. The molecule has 134 valence electrons. The van der Waals surface area contributed by atoms with Gasteiger partial charge in [0.1, 0.15) is 5.75 Å². The van der Waals surface area contributed by atoms with Crippen molar-refractivity contribution in [2.75, 3.05) is 31.7 Å². The standard InChI is InChI=1S/C17H19NO7/c19-13(8-25-17(22)16(21)10-3-5-23-6-4-10)11-1-2-14-12(7-11)18-15(20)9-24-14/h1-2,7,10,16,21H,3-6,8-9H2,(H,18,20)/t16-/m1/s1. The Balaban J connectivity index is 1.56. The van der Waals surface area contributed by atoms with Gasteiger partial charge in [-0.2, -0.15) is 0 Å². The molecule has 1 aromatic carbocycles. The second-order valence-electron chi connectivity index (χ2n) is 5.97. The van der Waals surface area contributed by atoms with Crippen molar-refractivity contribution in [2.45, 2.75) is 18.9 Å². The molecular formula is C17H19NO7. The zero-order chi connectivity index (χ0) is 17.8. The van der Waals surface area contributed by atoms with E-state index < -0.39 is 24.5 Å². The van der Waals surface area contributed by atoms with E-state index in [1.54, 1.807) is 6.07 Å². The monoisotopic (exact) mass is 349 g/mol. The highest BCUT2D eigenvalue weighted by Gasteiger charge is 2.29. The van der Waals surface area contributed by atoms with Crippen LogP contribution in [0.5, 0.6) is 5.75 Å². The van der Waals surface area contributed by atoms with Gasteiger partial charge in [0, 0.05) is 18.8 Å². The summed E-state index contributed by atoms with van der Waals surface area (Å²) in [7, 11) is 0. The van der Waals surface area contributed by atoms with Crippen LogP contribution >= 0.6 is 0 Å². The number of hydrogen-bond donors (Lipinski definition) is 2. The number of esters is 1. The number of carbonyl (C=O) groups is 3. The third kappa shape index (κ3) is 4.15. The number of hydrogen-bond acceptors (Lipinski definition) is 7. The quantitative estimate of drug-likeness (QED) is 0.589. The Hall–Kier alpha value is -2.45. The van der Waals surface area contributed by atoms with E-state index in [0.717, 1.165) is 0 Å². The van der Waals surface area contributed by atoms with Crippen molar-refractivity contribution >= 4 is 23.3 Å². The van der Waals surface area contributed by atoms with Crippen LogP contribution < -0.4 is 10.1 Å². The Bertz CT molecular complexity index is 682. The molecule has 0 unspecified atom stereocenters. The maximum Gasteiger partial charge on any atom is 0.335 e. The lowest BCUT2D eigenvalue weighted by Crippen LogP contribution is -2.35. The van der Waals surface area contributed by atoms with Crippen LogP contribution in [0, 0.1) is 5.92 Å². The summed E-state index contributed by atoms with van der Waals surface area (Å²) in [5.41, 5.74) is 0.675. The zero-order valence-corrected chi connectivity index (χ0v) is 13.5. The molecule has 0 bridgehead atoms. The van der Waals surface area contributed by atoms with Crippen molar-refractivity contribution < 1.29 is 33.7 Å². The molecule has 1 saturated heterocycles. The fourth-order valence-electron chi connectivity index (χ4n) is 2.79. The zero-order valence-electron chi connectivity index (χ0n) is 13.5. The van der Waals surface area contributed by atoms with E-state index in [4.69, 9.17) is 14.2 Å². The summed E-state index contributed by atoms with van der Waals surface area (Å²) in [4.78, 5) is 35.4. The number of anilines is 1. The highest BCUT2D eigenvalue weighted by molar-refractivity contribution is 6.01. The predicted molar refractivity (Wildman–Crippen MR) is 85.4 cm³/mol. The second kappa shape index (κ2) is 7.62. The van der Waals surface area contributed by atoms with Crippen LogP contribution in [0.1, 0.15) is 23.2 Å². The molecule has 2 heterocycles. The minimum Gasteiger partial charge on any atom is -0.482 e. The fourth-order valence-corrected chi connectivity index (χ4v) is 2.79. The Morgan fingerprint density at radius 1 is 1.32 bits per heavy atom. The Labute approximate surface area is 144 Å². The minimum atomic E-state index is -1.26. The average Bonchev–Trinajstić information content (AvgIpc) is 2.65. The summed E-state index contributed by atoms with van der Waals surface area (Å²) in [5, 5.41) is 12.6. The lowest BCUT2D eigenvalue weighted by atomic mass is 9.94. The van der Waals surface area contributed by atoms with Gasteiger partial charge in [-0.25, -0.2) is 4.79 Å². The van der Waals surface area contributed by atoms with E-state index in [0.29, 0.717) is 37.5 Å². The molecule has 0 radical (unpaired) electrons. The number of ether oxygens (including phenoxy) is 3. The van der Waals surface area contributed by atoms with Crippen LogP contribution in [-0.2, 0) is 19.1 Å². The normalized spacial score (nSPS) is 18.5. The summed E-state index contributed by atoms with van der Waals surface area (Å²) in [6.07, 6.45) is -0.100. The van der Waals surface area contributed by atoms with Gasteiger partial charge in [-0.15, -0.1) is 0 Å². The topological polar surface area (TPSA) is 111 Å². The van der Waals surface area contributed by atoms with Gasteiger partial charge in [0.15, 0.2) is 25.1 Å². The van der Waals surface area contributed by atoms with E-state index in [1.165, 1.54) is 12.1 Å². The van der Waals surface area contributed by atoms with Crippen LogP contribution in [0.3, 0.4) is 0 Å². The summed E-state index contributed by atoms with van der Waals surface area (Å²) in [6.45, 7) is 0.447. The number of Topliss-reactive ketones (excluding diaryl/α,β-unsaturated/α-hetero) is 1. The maximum atomic E-state index is 12.2. The van der Waals surface area contributed by atoms with Crippen LogP contribution in [0.2, 0.25) is 0 Å². The van der Waals surface area contributed by atoms with Gasteiger partial charge in [0.05, 0.1) is 5.69 Å². The first kappa shape index (κ1) is 17.4. The van der Waals surface area contributed by atoms with Gasteiger partial charge < -0.3 is 24.6 Å². The molecule has 0 aromatic heterocycles. The highest BCUT2D eigenvalue weighted by Crippen LogP contribution is 2.28. The smallest absolute Gasteiger partial charge is 0.335 e. The summed E-state index contributed by atoms with van der Waals surface area (Å²) >= 11 is 0. The molecule has 0 saturated carbocycles. The number of amides is 1. The van der Waals surface area contributed by atoms with Crippen LogP contribution in [-0.4, -0.2) is 55.3 Å². The van der Waals surface area contributed by atoms with Crippen molar-refractivity contribution in [3.63, 3.8) is 0 Å². The number of rotatable bonds is 5. The lowest BCUT2D eigenvalue weighted by molar-refractivity contribution is -0.157. The van der Waals surface area contributed by atoms with Crippen LogP contribution in [0.15, 0.2) is 18.2 Å². The molecule has 8 nitrogen and oxygen atoms in total. The van der Waals surface area contributed by atoms with Gasteiger partial charge in [0.2, 0.25) is 0 Å². The van der Waals surface area contributed by atoms with Crippen molar-refractivity contribution in [2.24, 2.45) is 5.92 Å². The molecule has 1 atom stereocenters. The third-order valence-corrected chi connectivity index (χ3v) is 4.23. The predicted octanol–water partition coefficient (Wildman–Crippen LogP) is 0.531. The lowest BCUT2D eigenvalue weighted by Gasteiger charge is -2.25. The first-order chi connectivity index (χ1) is 12.0. The van der Waals surface area contributed by atoms with Gasteiger partial charge in [-0.3, -0.25) is 9.59 Å². The summed E-state index contributed by atoms with van der Waals surface area (Å²) in [6, 6.07) is 4.57. The molecule has 25 heavy (non-hydrogen) atoms. The number of carbonyl (C=O) groups excluding carboxylic acids is 3. The summed E-state index contributed by atoms with van der Waals surface area (Å²) in [5.74, 6) is -1.29. The molecule has 8 heteroatoms. The molecular weight excluding hydrogens is 330 g/mol.